The van der Waals surface area contributed by atoms with Gasteiger partial charge in [0, 0.05) is 0 Å². The predicted molar refractivity (Wildman–Crippen MR) is 39.6 cm³/mol. The van der Waals surface area contributed by atoms with Gasteiger partial charge in [-0.05, 0) is 0 Å². The number of ether oxygens (including phenoxy) is 1. The first kappa shape index (κ1) is 9.63. The first-order chi connectivity index (χ1) is 6.24. The summed E-state index contributed by atoms with van der Waals surface area (Å²) in [4.78, 5) is 11.0. The maximum Gasteiger partial charge on any atom is 0.341 e. The number of hydrogen-bond donors (Lipinski definition) is 1. The van der Waals surface area contributed by atoms with Crippen LogP contribution in [0.2, 0.25) is 0 Å². The van der Waals surface area contributed by atoms with Gasteiger partial charge in [-0.1, -0.05) is 0 Å². The second kappa shape index (κ2) is 3.97. The Balaban J connectivity index is 3.12. The van der Waals surface area contributed by atoms with Crippen molar-refractivity contribution in [3.8, 4) is 0 Å². The van der Waals surface area contributed by atoms with Gasteiger partial charge >= 0.3 is 5.97 Å². The van der Waals surface area contributed by atoms with Crippen molar-refractivity contribution in [1.82, 2.24) is 10.2 Å². The highest BCUT2D eigenvalue weighted by Gasteiger charge is 2.20. The molecule has 0 aliphatic rings. The molecule has 0 atom stereocenters. The average molecular weight is 190 g/mol. The molecule has 1 N–H and O–H groups in total. The Morgan fingerprint density at radius 1 is 1.54 bits per heavy atom. The standard InChI is InChI=1S/C7H8F2N2O2/c1-13-7(12)6-4(2-8)10-11-5(6)3-9/h2-3H2,1H3,(H,10,11). The van der Waals surface area contributed by atoms with E-state index in [2.05, 4.69) is 14.9 Å². The lowest BCUT2D eigenvalue weighted by Gasteiger charge is -1.98. The number of nitrogens with one attached hydrogen (secondary N) is 1. The number of halogens is 2. The van der Waals surface area contributed by atoms with E-state index in [0.29, 0.717) is 0 Å². The number of aromatic nitrogens is 2. The summed E-state index contributed by atoms with van der Waals surface area (Å²) in [5.74, 6) is -0.783. The van der Waals surface area contributed by atoms with Crippen molar-refractivity contribution in [3.05, 3.63) is 17.0 Å². The van der Waals surface area contributed by atoms with Crippen LogP contribution in [0.3, 0.4) is 0 Å². The molecule has 0 unspecified atom stereocenters. The monoisotopic (exact) mass is 190 g/mol. The molecule has 0 bridgehead atoms. The first-order valence-electron chi connectivity index (χ1n) is 3.51. The van der Waals surface area contributed by atoms with Gasteiger partial charge < -0.3 is 4.74 Å². The SMILES string of the molecule is COC(=O)c1c(CF)n[nH]c1CF. The van der Waals surface area contributed by atoms with Gasteiger partial charge in [0.25, 0.3) is 0 Å². The predicted octanol–water partition coefficient (Wildman–Crippen LogP) is 1.14. The summed E-state index contributed by atoms with van der Waals surface area (Å²) >= 11 is 0. The van der Waals surface area contributed by atoms with Crippen LogP contribution in [0, 0.1) is 0 Å². The molecule has 0 aliphatic heterocycles. The van der Waals surface area contributed by atoms with Gasteiger partial charge in [-0.3, -0.25) is 5.10 Å². The molecule has 0 radical (unpaired) electrons. The first-order valence-corrected chi connectivity index (χ1v) is 3.51. The number of alkyl halides is 2. The van der Waals surface area contributed by atoms with Crippen LogP contribution in [-0.2, 0) is 18.1 Å². The summed E-state index contributed by atoms with van der Waals surface area (Å²) in [7, 11) is 1.14. The zero-order chi connectivity index (χ0) is 9.84. The van der Waals surface area contributed by atoms with Crippen LogP contribution in [-0.4, -0.2) is 23.3 Å². The fourth-order valence-corrected chi connectivity index (χ4v) is 0.957. The molecule has 13 heavy (non-hydrogen) atoms. The van der Waals surface area contributed by atoms with Gasteiger partial charge in [0.2, 0.25) is 0 Å². The molecule has 0 saturated carbocycles. The van der Waals surface area contributed by atoms with Crippen molar-refractivity contribution in [2.24, 2.45) is 0 Å². The van der Waals surface area contributed by atoms with Crippen molar-refractivity contribution in [3.63, 3.8) is 0 Å². The Labute approximate surface area is 72.9 Å². The Morgan fingerprint density at radius 2 is 2.23 bits per heavy atom. The van der Waals surface area contributed by atoms with Gasteiger partial charge in [-0.25, -0.2) is 13.6 Å². The smallest absolute Gasteiger partial charge is 0.341 e. The molecule has 1 rings (SSSR count). The Bertz CT molecular complexity index is 290. The minimum absolute atomic E-state index is 0.0560. The largest absolute Gasteiger partial charge is 0.465 e. The summed E-state index contributed by atoms with van der Waals surface area (Å²) < 4.78 is 28.8. The Kier molecular flexibility index (Phi) is 2.94. The van der Waals surface area contributed by atoms with E-state index in [0.717, 1.165) is 7.11 Å². The topological polar surface area (TPSA) is 55.0 Å². The summed E-state index contributed by atoms with van der Waals surface area (Å²) in [5.41, 5.74) is -0.327. The molecule has 0 saturated heterocycles. The number of H-pyrrole nitrogens is 1. The van der Waals surface area contributed by atoms with Gasteiger partial charge in [0.1, 0.15) is 24.6 Å². The molecule has 0 amide bonds. The second-order valence-corrected chi connectivity index (χ2v) is 2.28. The van der Waals surface area contributed by atoms with E-state index in [1.807, 2.05) is 0 Å². The van der Waals surface area contributed by atoms with Crippen molar-refractivity contribution in [2.75, 3.05) is 7.11 Å². The maximum atomic E-state index is 12.2. The highest BCUT2D eigenvalue weighted by atomic mass is 19.1. The molecule has 1 aromatic heterocycles. The molecule has 0 spiro atoms. The normalized spacial score (nSPS) is 10.1. The van der Waals surface area contributed by atoms with E-state index < -0.39 is 19.3 Å². The molecule has 72 valence electrons. The summed E-state index contributed by atoms with van der Waals surface area (Å²) in [6.45, 7) is -1.83. The van der Waals surface area contributed by atoms with E-state index in [1.165, 1.54) is 0 Å². The van der Waals surface area contributed by atoms with E-state index in [9.17, 15) is 13.6 Å². The summed E-state index contributed by atoms with van der Waals surface area (Å²) in [5, 5.41) is 5.66. The van der Waals surface area contributed by atoms with Crippen LogP contribution in [0.1, 0.15) is 21.7 Å². The quantitative estimate of drug-likeness (QED) is 0.727. The second-order valence-electron chi connectivity index (χ2n) is 2.28. The Morgan fingerprint density at radius 3 is 2.69 bits per heavy atom. The molecule has 0 fully saturated rings. The van der Waals surface area contributed by atoms with Crippen LogP contribution in [0.25, 0.3) is 0 Å². The van der Waals surface area contributed by atoms with Gasteiger partial charge in [-0.15, -0.1) is 0 Å². The van der Waals surface area contributed by atoms with E-state index in [-0.39, 0.29) is 17.0 Å². The van der Waals surface area contributed by atoms with E-state index in [1.54, 1.807) is 0 Å². The summed E-state index contributed by atoms with van der Waals surface area (Å²) in [6.07, 6.45) is 0. The lowest BCUT2D eigenvalue weighted by molar-refractivity contribution is 0.0596. The van der Waals surface area contributed by atoms with Crippen molar-refractivity contribution in [1.29, 1.82) is 0 Å². The van der Waals surface area contributed by atoms with E-state index in [4.69, 9.17) is 0 Å². The minimum Gasteiger partial charge on any atom is -0.465 e. The van der Waals surface area contributed by atoms with Crippen LogP contribution < -0.4 is 0 Å². The minimum atomic E-state index is -0.930. The fourth-order valence-electron chi connectivity index (χ4n) is 0.957. The highest BCUT2D eigenvalue weighted by molar-refractivity contribution is 5.91. The zero-order valence-electron chi connectivity index (χ0n) is 6.93. The molecule has 1 heterocycles. The van der Waals surface area contributed by atoms with Crippen molar-refractivity contribution < 1.29 is 18.3 Å². The molecule has 6 heteroatoms. The lowest BCUT2D eigenvalue weighted by Crippen LogP contribution is -2.05. The number of carbonyl (C=O) groups is 1. The van der Waals surface area contributed by atoms with Crippen LogP contribution in [0.4, 0.5) is 8.78 Å². The number of rotatable bonds is 3. The number of hydrogen-bond acceptors (Lipinski definition) is 3. The summed E-state index contributed by atoms with van der Waals surface area (Å²) in [6, 6.07) is 0. The number of carbonyl (C=O) groups excluding carboxylic acids is 1. The molecule has 1 aromatic rings. The average Bonchev–Trinajstić information content (AvgIpc) is 2.59. The lowest BCUT2D eigenvalue weighted by atomic mass is 10.2. The molecular formula is C7H8F2N2O2. The van der Waals surface area contributed by atoms with Crippen molar-refractivity contribution in [2.45, 2.75) is 13.3 Å². The molecule has 4 nitrogen and oxygen atoms in total. The number of methoxy groups -OCH3 is 1. The Hall–Kier alpha value is -1.46. The molecule has 0 aromatic carbocycles. The zero-order valence-corrected chi connectivity index (χ0v) is 6.93. The van der Waals surface area contributed by atoms with Crippen molar-refractivity contribution >= 4 is 5.97 Å². The third-order valence-corrected chi connectivity index (χ3v) is 1.57. The third-order valence-electron chi connectivity index (χ3n) is 1.57. The van der Waals surface area contributed by atoms with Gasteiger partial charge in [0.15, 0.2) is 0 Å². The number of aromatic amines is 1. The van der Waals surface area contributed by atoms with Crippen LogP contribution in [0.15, 0.2) is 0 Å². The van der Waals surface area contributed by atoms with Gasteiger partial charge in [-0.2, -0.15) is 5.10 Å². The maximum absolute atomic E-state index is 12.2. The molecular weight excluding hydrogens is 182 g/mol. The number of esters is 1. The third kappa shape index (κ3) is 1.66. The number of nitrogens with zero attached hydrogens (tertiary/aromatic N) is 1. The fraction of sp³-hybridized carbons (Fsp3) is 0.429. The highest BCUT2D eigenvalue weighted by Crippen LogP contribution is 2.14. The van der Waals surface area contributed by atoms with E-state index >= 15 is 0 Å². The molecule has 0 aliphatic carbocycles. The van der Waals surface area contributed by atoms with Crippen LogP contribution >= 0.6 is 0 Å². The van der Waals surface area contributed by atoms with Crippen LogP contribution in [0.5, 0.6) is 0 Å². The van der Waals surface area contributed by atoms with Gasteiger partial charge in [0.05, 0.1) is 12.8 Å².